The monoisotopic (exact) mass is 208 g/mol. The van der Waals surface area contributed by atoms with E-state index in [2.05, 4.69) is 11.0 Å². The van der Waals surface area contributed by atoms with E-state index >= 15 is 0 Å². The first-order valence-electron chi connectivity index (χ1n) is 5.56. The van der Waals surface area contributed by atoms with E-state index in [1.165, 1.54) is 0 Å². The summed E-state index contributed by atoms with van der Waals surface area (Å²) in [6.07, 6.45) is 1.56. The highest BCUT2D eigenvalue weighted by Gasteiger charge is 2.59. The van der Waals surface area contributed by atoms with Gasteiger partial charge >= 0.3 is 0 Å². The molecule has 1 aliphatic heterocycles. The van der Waals surface area contributed by atoms with E-state index in [4.69, 9.17) is 5.26 Å². The van der Waals surface area contributed by atoms with Gasteiger partial charge in [-0.15, -0.1) is 0 Å². The third-order valence-electron chi connectivity index (χ3n) is 4.23. The van der Waals surface area contributed by atoms with Crippen LogP contribution in [0, 0.1) is 17.2 Å². The molecule has 84 valence electrons. The van der Waals surface area contributed by atoms with Crippen LogP contribution in [0.25, 0.3) is 0 Å². The molecule has 1 aliphatic rings. The summed E-state index contributed by atoms with van der Waals surface area (Å²) in [4.78, 5) is 14.4. The largest absolute Gasteiger partial charge is 0.296 e. The van der Waals surface area contributed by atoms with Crippen molar-refractivity contribution in [2.75, 3.05) is 7.05 Å². The van der Waals surface area contributed by atoms with Crippen molar-refractivity contribution in [2.45, 2.75) is 51.6 Å². The molecule has 1 unspecified atom stereocenters. The molecule has 1 rings (SSSR count). The van der Waals surface area contributed by atoms with E-state index in [9.17, 15) is 4.79 Å². The highest BCUT2D eigenvalue weighted by atomic mass is 16.1. The first-order valence-corrected chi connectivity index (χ1v) is 5.56. The fraction of sp³-hybridized carbons (Fsp3) is 0.833. The lowest BCUT2D eigenvalue weighted by Gasteiger charge is -2.39. The number of carbonyl (C=O) groups is 1. The van der Waals surface area contributed by atoms with Gasteiger partial charge in [-0.1, -0.05) is 13.8 Å². The number of hydrogen-bond donors (Lipinski definition) is 0. The van der Waals surface area contributed by atoms with Crippen molar-refractivity contribution in [1.82, 2.24) is 4.90 Å². The quantitative estimate of drug-likeness (QED) is 0.697. The number of rotatable bonds is 2. The number of likely N-dealkylation sites (N-methyl/N-ethyl adjacent to an activating group) is 1. The molecule has 0 aliphatic carbocycles. The number of likely N-dealkylation sites (tertiary alicyclic amines) is 1. The molecule has 1 fully saturated rings. The maximum absolute atomic E-state index is 12.3. The molecule has 0 aromatic heterocycles. The van der Waals surface area contributed by atoms with Crippen LogP contribution in [-0.4, -0.2) is 28.8 Å². The average Bonchev–Trinajstić information content (AvgIpc) is 2.34. The molecule has 0 radical (unpaired) electrons. The van der Waals surface area contributed by atoms with Crippen molar-refractivity contribution in [2.24, 2.45) is 5.92 Å². The van der Waals surface area contributed by atoms with Crippen molar-refractivity contribution in [3.05, 3.63) is 0 Å². The highest BCUT2D eigenvalue weighted by Crippen LogP contribution is 2.44. The van der Waals surface area contributed by atoms with Gasteiger partial charge in [-0.05, 0) is 33.7 Å². The van der Waals surface area contributed by atoms with Crippen LogP contribution >= 0.6 is 0 Å². The van der Waals surface area contributed by atoms with Gasteiger partial charge in [0.25, 0.3) is 0 Å². The summed E-state index contributed by atoms with van der Waals surface area (Å²) in [5.41, 5.74) is -0.776. The summed E-state index contributed by atoms with van der Waals surface area (Å²) in [5, 5.41) is 9.12. The Balaban J connectivity index is 3.27. The molecule has 0 amide bonds. The Bertz CT molecular complexity index is 310. The Hall–Kier alpha value is -0.880. The van der Waals surface area contributed by atoms with Crippen molar-refractivity contribution in [1.29, 1.82) is 5.26 Å². The molecule has 0 aromatic carbocycles. The van der Waals surface area contributed by atoms with Gasteiger partial charge in [0.15, 0.2) is 5.78 Å². The molecule has 15 heavy (non-hydrogen) atoms. The zero-order valence-corrected chi connectivity index (χ0v) is 10.3. The zero-order valence-electron chi connectivity index (χ0n) is 10.3. The van der Waals surface area contributed by atoms with Gasteiger partial charge in [0.1, 0.15) is 5.92 Å². The fourth-order valence-electron chi connectivity index (χ4n) is 2.79. The maximum atomic E-state index is 12.3. The minimum absolute atomic E-state index is 0.0995. The number of nitriles is 1. The first kappa shape index (κ1) is 12.2. The first-order chi connectivity index (χ1) is 6.88. The van der Waals surface area contributed by atoms with Crippen LogP contribution in [0.5, 0.6) is 0 Å². The Morgan fingerprint density at radius 2 is 1.87 bits per heavy atom. The van der Waals surface area contributed by atoms with Crippen LogP contribution in [-0.2, 0) is 4.79 Å². The molecule has 1 heterocycles. The Morgan fingerprint density at radius 1 is 1.40 bits per heavy atom. The van der Waals surface area contributed by atoms with Crippen molar-refractivity contribution >= 4 is 5.78 Å². The smallest absolute Gasteiger partial charge is 0.172 e. The second-order valence-electron chi connectivity index (χ2n) is 4.88. The van der Waals surface area contributed by atoms with E-state index < -0.39 is 11.5 Å². The summed E-state index contributed by atoms with van der Waals surface area (Å²) >= 11 is 0. The normalized spacial score (nSPS) is 29.1. The summed E-state index contributed by atoms with van der Waals surface area (Å²) in [6.45, 7) is 8.00. The minimum atomic E-state index is -0.498. The molecule has 0 bridgehead atoms. The van der Waals surface area contributed by atoms with Crippen LogP contribution < -0.4 is 0 Å². The molecule has 0 aromatic rings. The van der Waals surface area contributed by atoms with Crippen LogP contribution in [0.15, 0.2) is 0 Å². The van der Waals surface area contributed by atoms with Gasteiger partial charge in [-0.25, -0.2) is 0 Å². The van der Waals surface area contributed by atoms with Crippen LogP contribution in [0.3, 0.4) is 0 Å². The number of hydrogen-bond acceptors (Lipinski definition) is 3. The SMILES string of the molecule is CCC1(CC)C(=O)C(C#N)C(C)(C)N1C. The van der Waals surface area contributed by atoms with E-state index in [0.29, 0.717) is 0 Å². The topological polar surface area (TPSA) is 44.1 Å². The Morgan fingerprint density at radius 3 is 2.07 bits per heavy atom. The number of Topliss-reactive ketones (excluding diaryl/α,β-unsaturated/α-hetero) is 1. The summed E-state index contributed by atoms with van der Waals surface area (Å²) in [7, 11) is 1.96. The van der Waals surface area contributed by atoms with E-state index in [-0.39, 0.29) is 11.3 Å². The summed E-state index contributed by atoms with van der Waals surface area (Å²) in [6, 6.07) is 2.17. The van der Waals surface area contributed by atoms with Gasteiger partial charge in [0, 0.05) is 5.54 Å². The van der Waals surface area contributed by atoms with E-state index in [1.807, 2.05) is 34.7 Å². The number of carbonyl (C=O) groups excluding carboxylic acids is 1. The zero-order chi connectivity index (χ0) is 11.9. The van der Waals surface area contributed by atoms with Crippen LogP contribution in [0.1, 0.15) is 40.5 Å². The lowest BCUT2D eigenvalue weighted by molar-refractivity contribution is -0.126. The van der Waals surface area contributed by atoms with Crippen molar-refractivity contribution in [3.8, 4) is 6.07 Å². The van der Waals surface area contributed by atoms with Crippen LogP contribution in [0.2, 0.25) is 0 Å². The minimum Gasteiger partial charge on any atom is -0.296 e. The Labute approximate surface area is 92.1 Å². The van der Waals surface area contributed by atoms with E-state index in [1.54, 1.807) is 0 Å². The van der Waals surface area contributed by atoms with Gasteiger partial charge in [-0.3, -0.25) is 9.69 Å². The molecule has 3 nitrogen and oxygen atoms in total. The standard InChI is InChI=1S/C12H20N2O/c1-6-12(7-2)10(15)9(8-13)11(3,4)14(12)5/h9H,6-7H2,1-5H3. The molecule has 1 saturated heterocycles. The molecule has 0 saturated carbocycles. The highest BCUT2D eigenvalue weighted by molar-refractivity contribution is 5.95. The maximum Gasteiger partial charge on any atom is 0.172 e. The predicted molar refractivity (Wildman–Crippen MR) is 59.3 cm³/mol. The van der Waals surface area contributed by atoms with Gasteiger partial charge < -0.3 is 0 Å². The second kappa shape index (κ2) is 3.61. The van der Waals surface area contributed by atoms with Crippen molar-refractivity contribution < 1.29 is 4.79 Å². The molecular formula is C12H20N2O. The van der Waals surface area contributed by atoms with Crippen LogP contribution in [0.4, 0.5) is 0 Å². The number of ketones is 1. The predicted octanol–water partition coefficient (Wildman–Crippen LogP) is 1.98. The summed E-state index contributed by atoms with van der Waals surface area (Å²) in [5.74, 6) is -0.398. The summed E-state index contributed by atoms with van der Waals surface area (Å²) < 4.78 is 0. The fourth-order valence-corrected chi connectivity index (χ4v) is 2.79. The molecule has 1 atom stereocenters. The Kier molecular flexibility index (Phi) is 2.93. The third kappa shape index (κ3) is 1.32. The second-order valence-corrected chi connectivity index (χ2v) is 4.88. The van der Waals surface area contributed by atoms with Gasteiger partial charge in [0.2, 0.25) is 0 Å². The average molecular weight is 208 g/mol. The lowest BCUT2D eigenvalue weighted by atomic mass is 9.83. The molecule has 0 spiro atoms. The van der Waals surface area contributed by atoms with Crippen molar-refractivity contribution in [3.63, 3.8) is 0 Å². The lowest BCUT2D eigenvalue weighted by Crippen LogP contribution is -2.50. The van der Waals surface area contributed by atoms with Gasteiger partial charge in [-0.2, -0.15) is 5.26 Å². The number of nitrogens with zero attached hydrogens (tertiary/aromatic N) is 2. The van der Waals surface area contributed by atoms with E-state index in [0.717, 1.165) is 12.8 Å². The van der Waals surface area contributed by atoms with Gasteiger partial charge in [0.05, 0.1) is 11.6 Å². The molecule has 0 N–H and O–H groups in total. The third-order valence-corrected chi connectivity index (χ3v) is 4.23. The molecular weight excluding hydrogens is 188 g/mol. The molecule has 3 heteroatoms.